The zero-order valence-electron chi connectivity index (χ0n) is 12.4. The smallest absolute Gasteiger partial charge is 0.238 e. The van der Waals surface area contributed by atoms with Crippen LogP contribution in [0.1, 0.15) is 5.56 Å². The van der Waals surface area contributed by atoms with Crippen LogP contribution in [0.3, 0.4) is 0 Å². The molecule has 1 aliphatic heterocycles. The van der Waals surface area contributed by atoms with Crippen LogP contribution < -0.4 is 5.73 Å². The summed E-state index contributed by atoms with van der Waals surface area (Å²) in [5.74, 6) is -0.819. The molecule has 6 nitrogen and oxygen atoms in total. The van der Waals surface area contributed by atoms with E-state index in [0.29, 0.717) is 24.3 Å². The van der Waals surface area contributed by atoms with Gasteiger partial charge in [-0.3, -0.25) is 4.79 Å². The summed E-state index contributed by atoms with van der Waals surface area (Å²) in [5.41, 5.74) is 6.71. The highest BCUT2D eigenvalue weighted by Crippen LogP contribution is 2.19. The van der Waals surface area contributed by atoms with Crippen molar-refractivity contribution in [3.63, 3.8) is 0 Å². The van der Waals surface area contributed by atoms with Crippen LogP contribution in [-0.2, 0) is 14.6 Å². The first-order valence-corrected chi connectivity index (χ1v) is 8.50. The average molecular weight is 311 g/mol. The van der Waals surface area contributed by atoms with Crippen molar-refractivity contribution in [1.29, 1.82) is 0 Å². The molecule has 2 rings (SSSR count). The highest BCUT2D eigenvalue weighted by molar-refractivity contribution is 7.92. The first kappa shape index (κ1) is 15.8. The average Bonchev–Trinajstić information content (AvgIpc) is 2.38. The van der Waals surface area contributed by atoms with Crippen LogP contribution in [0.25, 0.3) is 0 Å². The first-order valence-electron chi connectivity index (χ1n) is 6.85. The third-order valence-corrected chi connectivity index (χ3v) is 5.46. The molecule has 1 saturated heterocycles. The number of amides is 1. The minimum absolute atomic E-state index is 0.180. The van der Waals surface area contributed by atoms with E-state index in [4.69, 9.17) is 5.73 Å². The van der Waals surface area contributed by atoms with E-state index in [1.165, 1.54) is 6.07 Å². The molecule has 0 aliphatic carbocycles. The highest BCUT2D eigenvalue weighted by Gasteiger charge is 2.26. The van der Waals surface area contributed by atoms with E-state index in [-0.39, 0.29) is 10.8 Å². The van der Waals surface area contributed by atoms with Crippen LogP contribution in [0.15, 0.2) is 23.1 Å². The summed E-state index contributed by atoms with van der Waals surface area (Å²) in [5, 5.41) is 0. The minimum Gasteiger partial charge on any atom is -0.399 e. The molecule has 1 fully saturated rings. The molecule has 1 aromatic carbocycles. The van der Waals surface area contributed by atoms with E-state index in [9.17, 15) is 13.2 Å². The number of hydrogen-bond acceptors (Lipinski definition) is 5. The summed E-state index contributed by atoms with van der Waals surface area (Å²) < 4.78 is 24.8. The monoisotopic (exact) mass is 311 g/mol. The van der Waals surface area contributed by atoms with Crippen molar-refractivity contribution >= 4 is 21.4 Å². The van der Waals surface area contributed by atoms with E-state index in [2.05, 4.69) is 4.90 Å². The Morgan fingerprint density at radius 1 is 1.24 bits per heavy atom. The van der Waals surface area contributed by atoms with E-state index in [0.717, 1.165) is 13.1 Å². The summed E-state index contributed by atoms with van der Waals surface area (Å²) in [7, 11) is -1.65. The van der Waals surface area contributed by atoms with E-state index < -0.39 is 15.6 Å². The van der Waals surface area contributed by atoms with Gasteiger partial charge in [-0.2, -0.15) is 0 Å². The van der Waals surface area contributed by atoms with Crippen molar-refractivity contribution in [3.05, 3.63) is 23.8 Å². The van der Waals surface area contributed by atoms with Gasteiger partial charge in [-0.1, -0.05) is 0 Å². The van der Waals surface area contributed by atoms with Gasteiger partial charge in [-0.25, -0.2) is 8.42 Å². The van der Waals surface area contributed by atoms with Crippen molar-refractivity contribution in [2.75, 3.05) is 44.7 Å². The van der Waals surface area contributed by atoms with Gasteiger partial charge in [-0.05, 0) is 37.7 Å². The fourth-order valence-corrected chi connectivity index (χ4v) is 3.90. The standard InChI is InChI=1S/C14H21N3O3S/c1-11-9-12(15)3-4-13(11)21(19,20)10-14(18)17-7-5-16(2)6-8-17/h3-4,9H,5-8,10,15H2,1-2H3. The molecule has 21 heavy (non-hydrogen) atoms. The third-order valence-electron chi connectivity index (χ3n) is 3.70. The van der Waals surface area contributed by atoms with Gasteiger partial charge in [0.15, 0.2) is 9.84 Å². The van der Waals surface area contributed by atoms with E-state index in [1.807, 2.05) is 7.05 Å². The van der Waals surface area contributed by atoms with Crippen LogP contribution in [0.5, 0.6) is 0 Å². The number of likely N-dealkylation sites (N-methyl/N-ethyl adjacent to an activating group) is 1. The number of nitrogens with two attached hydrogens (primary N) is 1. The van der Waals surface area contributed by atoms with Gasteiger partial charge in [-0.15, -0.1) is 0 Å². The van der Waals surface area contributed by atoms with E-state index in [1.54, 1.807) is 24.0 Å². The molecule has 7 heteroatoms. The lowest BCUT2D eigenvalue weighted by Crippen LogP contribution is -2.48. The summed E-state index contributed by atoms with van der Waals surface area (Å²) in [6.45, 7) is 4.38. The molecule has 0 radical (unpaired) electrons. The largest absolute Gasteiger partial charge is 0.399 e. The van der Waals surface area contributed by atoms with Gasteiger partial charge >= 0.3 is 0 Å². The second-order valence-electron chi connectivity index (χ2n) is 5.47. The van der Waals surface area contributed by atoms with Crippen molar-refractivity contribution in [2.45, 2.75) is 11.8 Å². The number of nitrogens with zero attached hydrogens (tertiary/aromatic N) is 2. The van der Waals surface area contributed by atoms with Crippen LogP contribution in [0.2, 0.25) is 0 Å². The molecule has 0 spiro atoms. The van der Waals surface area contributed by atoms with Crippen LogP contribution in [0, 0.1) is 6.92 Å². The molecule has 0 saturated carbocycles. The van der Waals surface area contributed by atoms with Gasteiger partial charge in [0.2, 0.25) is 5.91 Å². The number of piperazine rings is 1. The second kappa shape index (κ2) is 6.03. The Labute approximate surface area is 125 Å². The normalized spacial score (nSPS) is 17.0. The summed E-state index contributed by atoms with van der Waals surface area (Å²) in [6, 6.07) is 4.62. The molecule has 1 aliphatic rings. The molecule has 1 amide bonds. The Hall–Kier alpha value is -1.60. The number of rotatable bonds is 3. The first-order chi connectivity index (χ1) is 9.79. The summed E-state index contributed by atoms with van der Waals surface area (Å²) in [6.07, 6.45) is 0. The molecular weight excluding hydrogens is 290 g/mol. The summed E-state index contributed by atoms with van der Waals surface area (Å²) >= 11 is 0. The van der Waals surface area contributed by atoms with Crippen LogP contribution in [-0.4, -0.2) is 63.1 Å². The van der Waals surface area contributed by atoms with Gasteiger partial charge in [0.05, 0.1) is 4.90 Å². The topological polar surface area (TPSA) is 83.7 Å². The molecular formula is C14H21N3O3S. The quantitative estimate of drug-likeness (QED) is 0.802. The highest BCUT2D eigenvalue weighted by atomic mass is 32.2. The Morgan fingerprint density at radius 2 is 1.86 bits per heavy atom. The Kier molecular flexibility index (Phi) is 4.53. The number of sulfone groups is 1. The van der Waals surface area contributed by atoms with Gasteiger partial charge < -0.3 is 15.5 Å². The lowest BCUT2D eigenvalue weighted by atomic mass is 10.2. The van der Waals surface area contributed by atoms with Gasteiger partial charge in [0, 0.05) is 31.9 Å². The number of benzene rings is 1. The second-order valence-corrected chi connectivity index (χ2v) is 7.43. The lowest BCUT2D eigenvalue weighted by molar-refractivity contribution is -0.129. The van der Waals surface area contributed by atoms with Gasteiger partial charge in [0.25, 0.3) is 0 Å². The van der Waals surface area contributed by atoms with Crippen molar-refractivity contribution in [3.8, 4) is 0 Å². The molecule has 116 valence electrons. The SMILES string of the molecule is Cc1cc(N)ccc1S(=O)(=O)CC(=O)N1CCN(C)CC1. The van der Waals surface area contributed by atoms with Crippen LogP contribution >= 0.6 is 0 Å². The van der Waals surface area contributed by atoms with Gasteiger partial charge in [0.1, 0.15) is 5.75 Å². The number of carbonyl (C=O) groups excluding carboxylic acids is 1. The molecule has 2 N–H and O–H groups in total. The zero-order chi connectivity index (χ0) is 15.6. The fourth-order valence-electron chi connectivity index (χ4n) is 2.41. The van der Waals surface area contributed by atoms with Crippen molar-refractivity contribution in [2.24, 2.45) is 0 Å². The predicted molar refractivity (Wildman–Crippen MR) is 81.7 cm³/mol. The van der Waals surface area contributed by atoms with E-state index >= 15 is 0 Å². The molecule has 0 unspecified atom stereocenters. The maximum Gasteiger partial charge on any atom is 0.238 e. The Bertz CT molecular complexity index is 635. The fraction of sp³-hybridized carbons (Fsp3) is 0.500. The van der Waals surface area contributed by atoms with Crippen molar-refractivity contribution < 1.29 is 13.2 Å². The predicted octanol–water partition coefficient (Wildman–Crippen LogP) is 0.125. The molecule has 0 atom stereocenters. The lowest BCUT2D eigenvalue weighted by Gasteiger charge is -2.32. The Balaban J connectivity index is 2.12. The number of aryl methyl sites for hydroxylation is 1. The Morgan fingerprint density at radius 3 is 2.43 bits per heavy atom. The number of carbonyl (C=O) groups is 1. The number of anilines is 1. The molecule has 0 aromatic heterocycles. The third kappa shape index (κ3) is 3.74. The molecule has 1 aromatic rings. The number of hydrogen-bond donors (Lipinski definition) is 1. The minimum atomic E-state index is -3.63. The number of nitrogen functional groups attached to an aromatic ring is 1. The summed E-state index contributed by atoms with van der Waals surface area (Å²) in [4.78, 5) is 16.1. The molecule has 0 bridgehead atoms. The van der Waals surface area contributed by atoms with Crippen molar-refractivity contribution in [1.82, 2.24) is 9.80 Å². The molecule has 1 heterocycles. The van der Waals surface area contributed by atoms with Crippen LogP contribution in [0.4, 0.5) is 5.69 Å². The zero-order valence-corrected chi connectivity index (χ0v) is 13.2. The maximum atomic E-state index is 12.4. The maximum absolute atomic E-state index is 12.4.